The van der Waals surface area contributed by atoms with Gasteiger partial charge in [-0.3, -0.25) is 24.0 Å². The fourth-order valence-electron chi connectivity index (χ4n) is 4.28. The molecule has 2 aromatic heterocycles. The van der Waals surface area contributed by atoms with Crippen LogP contribution in [0.1, 0.15) is 34.5 Å². The minimum Gasteiger partial charge on any atom is -0.341 e. The minimum atomic E-state index is -1.19. The molecule has 1 unspecified atom stereocenters. The van der Waals surface area contributed by atoms with Gasteiger partial charge in [0.2, 0.25) is 17.7 Å². The fraction of sp³-hybridized carbons (Fsp3) is 0.333. The Hall–Kier alpha value is -3.26. The van der Waals surface area contributed by atoms with E-state index in [9.17, 15) is 14.4 Å². The normalized spacial score (nSPS) is 18.4. The minimum absolute atomic E-state index is 0.00722. The number of hydrogen-bond acceptors (Lipinski definition) is 5. The van der Waals surface area contributed by atoms with Gasteiger partial charge in [0.05, 0.1) is 17.7 Å². The molecule has 3 heterocycles. The number of amides is 3. The van der Waals surface area contributed by atoms with E-state index in [-0.39, 0.29) is 37.1 Å². The van der Waals surface area contributed by atoms with Crippen LogP contribution in [0.4, 0.5) is 0 Å². The number of carbonyl (C=O) groups excluding carboxylic acids is 3. The Morgan fingerprint density at radius 2 is 1.94 bits per heavy atom. The van der Waals surface area contributed by atoms with Gasteiger partial charge in [-0.2, -0.15) is 5.10 Å². The molecule has 7 nitrogen and oxygen atoms in total. The molecule has 1 aliphatic rings. The average molecular weight is 451 g/mol. The molecule has 0 bridgehead atoms. The molecule has 0 aliphatic carbocycles. The van der Waals surface area contributed by atoms with E-state index in [1.54, 1.807) is 16.6 Å². The Kier molecular flexibility index (Phi) is 5.97. The van der Waals surface area contributed by atoms with Gasteiger partial charge in [0.1, 0.15) is 0 Å². The molecule has 1 aliphatic heterocycles. The number of aromatic nitrogens is 2. The summed E-state index contributed by atoms with van der Waals surface area (Å²) in [7, 11) is 3.56. The van der Waals surface area contributed by atoms with E-state index in [0.29, 0.717) is 12.1 Å². The molecule has 0 radical (unpaired) electrons. The van der Waals surface area contributed by atoms with Crippen molar-refractivity contribution in [2.45, 2.75) is 38.3 Å². The maximum atomic E-state index is 13.7. The molecule has 0 N–H and O–H groups in total. The molecular formula is C24H26N4O3S. The molecule has 166 valence electrons. The third-order valence-corrected chi connectivity index (χ3v) is 6.89. The van der Waals surface area contributed by atoms with E-state index in [1.165, 1.54) is 16.2 Å². The zero-order valence-corrected chi connectivity index (χ0v) is 19.3. The Balaban J connectivity index is 1.61. The molecule has 0 saturated carbocycles. The number of carbonyl (C=O) groups is 3. The van der Waals surface area contributed by atoms with Crippen molar-refractivity contribution in [1.82, 2.24) is 19.6 Å². The van der Waals surface area contributed by atoms with Gasteiger partial charge in [-0.15, -0.1) is 11.3 Å². The van der Waals surface area contributed by atoms with Gasteiger partial charge in [-0.25, -0.2) is 0 Å². The molecule has 0 spiro atoms. The summed E-state index contributed by atoms with van der Waals surface area (Å²) >= 11 is 1.50. The number of rotatable bonds is 7. The predicted octanol–water partition coefficient (Wildman–Crippen LogP) is 3.04. The van der Waals surface area contributed by atoms with Crippen LogP contribution in [0.15, 0.2) is 54.0 Å². The van der Waals surface area contributed by atoms with Crippen molar-refractivity contribution in [3.63, 3.8) is 0 Å². The van der Waals surface area contributed by atoms with Crippen LogP contribution >= 0.6 is 11.3 Å². The van der Waals surface area contributed by atoms with Crippen molar-refractivity contribution in [2.24, 2.45) is 7.05 Å². The summed E-state index contributed by atoms with van der Waals surface area (Å²) in [6, 6.07) is 13.0. The van der Waals surface area contributed by atoms with E-state index >= 15 is 0 Å². The Morgan fingerprint density at radius 3 is 2.56 bits per heavy atom. The lowest BCUT2D eigenvalue weighted by molar-refractivity contribution is -0.143. The van der Waals surface area contributed by atoms with Crippen molar-refractivity contribution < 1.29 is 14.4 Å². The van der Waals surface area contributed by atoms with Crippen LogP contribution in [0.25, 0.3) is 0 Å². The summed E-state index contributed by atoms with van der Waals surface area (Å²) in [5.41, 5.74) is 1.32. The highest BCUT2D eigenvalue weighted by Gasteiger charge is 2.54. The molecule has 8 heteroatoms. The summed E-state index contributed by atoms with van der Waals surface area (Å²) < 4.78 is 1.72. The van der Waals surface area contributed by atoms with Crippen LogP contribution in [0.2, 0.25) is 0 Å². The van der Waals surface area contributed by atoms with Gasteiger partial charge in [-0.1, -0.05) is 36.4 Å². The van der Waals surface area contributed by atoms with Crippen molar-refractivity contribution in [3.05, 3.63) is 75.7 Å². The first-order valence-corrected chi connectivity index (χ1v) is 11.3. The standard InChI is InChI=1S/C24H26N4O3S/c1-17-18(15-27(3)25-17)14-26(2)21(29)12-24(19-8-5-4-6-9-19)13-22(30)28(23(24)31)16-20-10-7-11-32-20/h4-11,15H,12-14,16H2,1-3H3. The lowest BCUT2D eigenvalue weighted by Gasteiger charge is -2.29. The first kappa shape index (κ1) is 22.0. The summed E-state index contributed by atoms with van der Waals surface area (Å²) in [6.45, 7) is 2.54. The molecule has 1 fully saturated rings. The largest absolute Gasteiger partial charge is 0.341 e. The topological polar surface area (TPSA) is 75.5 Å². The molecule has 1 aromatic carbocycles. The van der Waals surface area contributed by atoms with Crippen molar-refractivity contribution >= 4 is 29.1 Å². The average Bonchev–Trinajstić information content (AvgIpc) is 3.45. The summed E-state index contributed by atoms with van der Waals surface area (Å²) in [5.74, 6) is -0.733. The quantitative estimate of drug-likeness (QED) is 0.519. The van der Waals surface area contributed by atoms with Gasteiger partial charge in [0.15, 0.2) is 0 Å². The summed E-state index contributed by atoms with van der Waals surface area (Å²) in [6.07, 6.45) is 1.82. The molecule has 3 aromatic rings. The van der Waals surface area contributed by atoms with Crippen molar-refractivity contribution in [2.75, 3.05) is 7.05 Å². The van der Waals surface area contributed by atoms with Crippen molar-refractivity contribution in [1.29, 1.82) is 0 Å². The van der Waals surface area contributed by atoms with E-state index in [1.807, 2.05) is 68.0 Å². The number of benzene rings is 1. The van der Waals surface area contributed by atoms with E-state index in [2.05, 4.69) is 5.10 Å². The van der Waals surface area contributed by atoms with Gasteiger partial charge >= 0.3 is 0 Å². The maximum absolute atomic E-state index is 13.7. The van der Waals surface area contributed by atoms with Crippen LogP contribution in [-0.2, 0) is 39.9 Å². The smallest absolute Gasteiger partial charge is 0.241 e. The highest BCUT2D eigenvalue weighted by molar-refractivity contribution is 7.09. The van der Waals surface area contributed by atoms with Crippen LogP contribution < -0.4 is 0 Å². The molecule has 4 rings (SSSR count). The lowest BCUT2D eigenvalue weighted by Crippen LogP contribution is -2.42. The monoisotopic (exact) mass is 450 g/mol. The number of aryl methyl sites for hydroxylation is 2. The predicted molar refractivity (Wildman–Crippen MR) is 122 cm³/mol. The Morgan fingerprint density at radius 1 is 1.19 bits per heavy atom. The highest BCUT2D eigenvalue weighted by Crippen LogP contribution is 2.41. The van der Waals surface area contributed by atoms with E-state index in [4.69, 9.17) is 0 Å². The van der Waals surface area contributed by atoms with Crippen molar-refractivity contribution in [3.8, 4) is 0 Å². The number of nitrogens with zero attached hydrogens (tertiary/aromatic N) is 4. The van der Waals surface area contributed by atoms with Crippen LogP contribution in [0, 0.1) is 6.92 Å². The maximum Gasteiger partial charge on any atom is 0.241 e. The first-order chi connectivity index (χ1) is 15.3. The number of hydrogen-bond donors (Lipinski definition) is 0. The third kappa shape index (κ3) is 4.10. The second kappa shape index (κ2) is 8.70. The number of thiophene rings is 1. The van der Waals surface area contributed by atoms with Gasteiger partial charge in [0.25, 0.3) is 0 Å². The summed E-state index contributed by atoms with van der Waals surface area (Å²) in [4.78, 5) is 43.8. The Labute approximate surface area is 191 Å². The zero-order valence-electron chi connectivity index (χ0n) is 18.4. The first-order valence-electron chi connectivity index (χ1n) is 10.5. The van der Waals surface area contributed by atoms with Gasteiger partial charge < -0.3 is 4.90 Å². The Bertz CT molecular complexity index is 1140. The molecule has 1 atom stereocenters. The highest BCUT2D eigenvalue weighted by atomic mass is 32.1. The third-order valence-electron chi connectivity index (χ3n) is 6.03. The molecule has 32 heavy (non-hydrogen) atoms. The fourth-order valence-corrected chi connectivity index (χ4v) is 4.98. The SMILES string of the molecule is Cc1nn(C)cc1CN(C)C(=O)CC1(c2ccccc2)CC(=O)N(Cc2cccs2)C1=O. The number of imide groups is 1. The molecule has 1 saturated heterocycles. The molecule has 3 amide bonds. The molecular weight excluding hydrogens is 424 g/mol. The zero-order chi connectivity index (χ0) is 22.9. The summed E-state index contributed by atoms with van der Waals surface area (Å²) in [5, 5.41) is 6.25. The second-order valence-corrected chi connectivity index (χ2v) is 9.36. The lowest BCUT2D eigenvalue weighted by atomic mass is 9.75. The van der Waals surface area contributed by atoms with Crippen LogP contribution in [0.3, 0.4) is 0 Å². The van der Waals surface area contributed by atoms with E-state index in [0.717, 1.165) is 16.1 Å². The van der Waals surface area contributed by atoms with Gasteiger partial charge in [0, 0.05) is 50.1 Å². The second-order valence-electron chi connectivity index (χ2n) is 8.33. The number of likely N-dealkylation sites (tertiary alicyclic amines) is 1. The van der Waals surface area contributed by atoms with Gasteiger partial charge in [-0.05, 0) is 23.9 Å². The van der Waals surface area contributed by atoms with Crippen LogP contribution in [-0.4, -0.2) is 44.3 Å². The van der Waals surface area contributed by atoms with Crippen LogP contribution in [0.5, 0.6) is 0 Å². The van der Waals surface area contributed by atoms with E-state index < -0.39 is 5.41 Å².